The number of hydrogen-bond donors (Lipinski definition) is 1. The largest absolute Gasteiger partial charge is 0.416 e. The second kappa shape index (κ2) is 8.67. The molecule has 0 aromatic heterocycles. The summed E-state index contributed by atoms with van der Waals surface area (Å²) in [6.07, 6.45) is -6.63. The minimum absolute atomic E-state index is 0.00395. The second-order valence-electron chi connectivity index (χ2n) is 7.29. The first-order chi connectivity index (χ1) is 14.0. The molecule has 0 bridgehead atoms. The van der Waals surface area contributed by atoms with Gasteiger partial charge in [-0.2, -0.15) is 26.3 Å². The van der Waals surface area contributed by atoms with Crippen molar-refractivity contribution in [3.63, 3.8) is 0 Å². The molecule has 2 aromatic rings. The Morgan fingerprint density at radius 2 is 1.47 bits per heavy atom. The number of nitrogens with zero attached hydrogens (tertiary/aromatic N) is 1. The Balaban J connectivity index is 1.81. The number of benzene rings is 2. The second-order valence-corrected chi connectivity index (χ2v) is 7.29. The van der Waals surface area contributed by atoms with Gasteiger partial charge in [0, 0.05) is 17.8 Å². The molecule has 0 spiro atoms. The maximum absolute atomic E-state index is 13.0. The van der Waals surface area contributed by atoms with Crippen molar-refractivity contribution >= 4 is 11.6 Å². The lowest BCUT2D eigenvalue weighted by atomic mass is 10.0. The van der Waals surface area contributed by atoms with Gasteiger partial charge in [-0.3, -0.25) is 9.69 Å². The third kappa shape index (κ3) is 5.75. The Bertz CT molecular complexity index is 869. The molecule has 0 unspecified atom stereocenters. The number of rotatable bonds is 4. The molecular formula is C21H20F6N2O. The van der Waals surface area contributed by atoms with E-state index in [-0.39, 0.29) is 6.07 Å². The van der Waals surface area contributed by atoms with Gasteiger partial charge in [-0.25, -0.2) is 0 Å². The highest BCUT2D eigenvalue weighted by atomic mass is 19.4. The molecule has 9 heteroatoms. The summed E-state index contributed by atoms with van der Waals surface area (Å²) in [5.74, 6) is -1.04. The minimum atomic E-state index is -5.01. The smallest absolute Gasteiger partial charge is 0.322 e. The molecule has 1 fully saturated rings. The summed E-state index contributed by atoms with van der Waals surface area (Å²) >= 11 is 0. The third-order valence-electron chi connectivity index (χ3n) is 4.89. The Morgan fingerprint density at radius 1 is 0.867 bits per heavy atom. The van der Waals surface area contributed by atoms with Crippen LogP contribution in [0.3, 0.4) is 0 Å². The average molecular weight is 430 g/mol. The van der Waals surface area contributed by atoms with Gasteiger partial charge in [-0.15, -0.1) is 0 Å². The molecule has 1 aliphatic heterocycles. The molecule has 1 saturated heterocycles. The Morgan fingerprint density at radius 3 is 2.03 bits per heavy atom. The van der Waals surface area contributed by atoms with Crippen LogP contribution in [0.25, 0.3) is 0 Å². The summed E-state index contributed by atoms with van der Waals surface area (Å²) in [5, 5.41) is 2.40. The molecule has 1 heterocycles. The molecule has 0 atom stereocenters. The quantitative estimate of drug-likeness (QED) is 0.607. The standard InChI is InChI=1S/C21H20F6N2O/c22-20(23,24)16-10-15(11-17(12-16)21(25,26)27)19(30)28-18-6-4-5-14(9-18)13-29-7-2-1-3-8-29/h4-6,9-12H,1-3,7-8,13H2,(H,28,30). The van der Waals surface area contributed by atoms with Crippen LogP contribution in [0.2, 0.25) is 0 Å². The molecule has 0 radical (unpaired) electrons. The van der Waals surface area contributed by atoms with Gasteiger partial charge in [0.25, 0.3) is 5.91 Å². The van der Waals surface area contributed by atoms with Gasteiger partial charge in [-0.1, -0.05) is 18.6 Å². The Hall–Kier alpha value is -2.55. The Labute approximate surface area is 169 Å². The van der Waals surface area contributed by atoms with E-state index in [1.807, 2.05) is 6.07 Å². The molecule has 162 valence electrons. The van der Waals surface area contributed by atoms with Crippen molar-refractivity contribution in [2.24, 2.45) is 0 Å². The molecule has 3 rings (SSSR count). The fraction of sp³-hybridized carbons (Fsp3) is 0.381. The van der Waals surface area contributed by atoms with Gasteiger partial charge in [-0.05, 0) is 61.8 Å². The first-order valence-electron chi connectivity index (χ1n) is 9.44. The average Bonchev–Trinajstić information content (AvgIpc) is 2.67. The Kier molecular flexibility index (Phi) is 6.40. The van der Waals surface area contributed by atoms with Crippen molar-refractivity contribution in [1.29, 1.82) is 0 Å². The van der Waals surface area contributed by atoms with Crippen molar-refractivity contribution < 1.29 is 31.1 Å². The first-order valence-corrected chi connectivity index (χ1v) is 9.44. The number of anilines is 1. The normalized spacial score (nSPS) is 15.8. The van der Waals surface area contributed by atoms with Gasteiger partial charge in [0.1, 0.15) is 0 Å². The van der Waals surface area contributed by atoms with E-state index in [4.69, 9.17) is 0 Å². The van der Waals surface area contributed by atoms with Crippen LogP contribution in [0.1, 0.15) is 46.3 Å². The molecule has 1 amide bonds. The highest BCUT2D eigenvalue weighted by Gasteiger charge is 2.37. The van der Waals surface area contributed by atoms with Gasteiger partial charge >= 0.3 is 12.4 Å². The molecule has 1 N–H and O–H groups in total. The van der Waals surface area contributed by atoms with E-state index in [9.17, 15) is 31.1 Å². The molecule has 30 heavy (non-hydrogen) atoms. The number of alkyl halides is 6. The van der Waals surface area contributed by atoms with Gasteiger partial charge < -0.3 is 5.32 Å². The highest BCUT2D eigenvalue weighted by molar-refractivity contribution is 6.04. The van der Waals surface area contributed by atoms with E-state index in [1.165, 1.54) is 12.5 Å². The zero-order valence-corrected chi connectivity index (χ0v) is 15.9. The molecule has 2 aromatic carbocycles. The highest BCUT2D eigenvalue weighted by Crippen LogP contribution is 2.36. The molecule has 0 aliphatic carbocycles. The van der Waals surface area contributed by atoms with Crippen LogP contribution in [0.5, 0.6) is 0 Å². The van der Waals surface area contributed by atoms with Crippen LogP contribution in [-0.2, 0) is 18.9 Å². The van der Waals surface area contributed by atoms with Crippen LogP contribution >= 0.6 is 0 Å². The number of amides is 1. The fourth-order valence-corrected chi connectivity index (χ4v) is 3.41. The predicted octanol–water partition coefficient (Wildman–Crippen LogP) is 5.96. The van der Waals surface area contributed by atoms with Crippen molar-refractivity contribution in [3.8, 4) is 0 Å². The van der Waals surface area contributed by atoms with Gasteiger partial charge in [0.05, 0.1) is 11.1 Å². The third-order valence-corrected chi connectivity index (χ3v) is 4.89. The van der Waals surface area contributed by atoms with E-state index >= 15 is 0 Å². The summed E-state index contributed by atoms with van der Waals surface area (Å²) in [6, 6.07) is 7.58. The molecule has 0 saturated carbocycles. The fourth-order valence-electron chi connectivity index (χ4n) is 3.41. The van der Waals surface area contributed by atoms with Crippen LogP contribution < -0.4 is 5.32 Å². The minimum Gasteiger partial charge on any atom is -0.322 e. The van der Waals surface area contributed by atoms with Crippen LogP contribution in [0.4, 0.5) is 32.0 Å². The summed E-state index contributed by atoms with van der Waals surface area (Å²) in [6.45, 7) is 2.58. The maximum atomic E-state index is 13.0. The van der Waals surface area contributed by atoms with E-state index < -0.39 is 35.0 Å². The van der Waals surface area contributed by atoms with Crippen molar-refractivity contribution in [1.82, 2.24) is 4.90 Å². The SMILES string of the molecule is O=C(Nc1cccc(CN2CCCCC2)c1)c1cc(C(F)(F)F)cc(C(F)(F)F)c1. The van der Waals surface area contributed by atoms with E-state index in [2.05, 4.69) is 10.2 Å². The van der Waals surface area contributed by atoms with Gasteiger partial charge in [0.15, 0.2) is 0 Å². The first kappa shape index (κ1) is 22.1. The summed E-state index contributed by atoms with van der Waals surface area (Å²) in [5.41, 5.74) is -2.56. The number of carbonyl (C=O) groups excluding carboxylic acids is 1. The topological polar surface area (TPSA) is 32.3 Å². The van der Waals surface area contributed by atoms with Crippen molar-refractivity contribution in [2.45, 2.75) is 38.2 Å². The van der Waals surface area contributed by atoms with E-state index in [1.54, 1.807) is 12.1 Å². The zero-order chi connectivity index (χ0) is 21.9. The molecule has 1 aliphatic rings. The lowest BCUT2D eigenvalue weighted by molar-refractivity contribution is -0.143. The van der Waals surface area contributed by atoms with E-state index in [0.717, 1.165) is 31.5 Å². The van der Waals surface area contributed by atoms with Crippen LogP contribution in [0.15, 0.2) is 42.5 Å². The summed E-state index contributed by atoms with van der Waals surface area (Å²) in [7, 11) is 0. The number of halogens is 6. The predicted molar refractivity (Wildman–Crippen MR) is 100.0 cm³/mol. The monoisotopic (exact) mass is 430 g/mol. The lowest BCUT2D eigenvalue weighted by Crippen LogP contribution is -2.29. The number of carbonyl (C=O) groups is 1. The summed E-state index contributed by atoms with van der Waals surface area (Å²) in [4.78, 5) is 14.7. The molecular weight excluding hydrogens is 410 g/mol. The van der Waals surface area contributed by atoms with Gasteiger partial charge in [0.2, 0.25) is 0 Å². The van der Waals surface area contributed by atoms with Crippen LogP contribution in [-0.4, -0.2) is 23.9 Å². The number of hydrogen-bond acceptors (Lipinski definition) is 2. The van der Waals surface area contributed by atoms with Crippen LogP contribution in [0, 0.1) is 0 Å². The van der Waals surface area contributed by atoms with Crippen molar-refractivity contribution in [2.75, 3.05) is 18.4 Å². The van der Waals surface area contributed by atoms with E-state index in [0.29, 0.717) is 24.4 Å². The number of nitrogens with one attached hydrogen (secondary N) is 1. The number of likely N-dealkylation sites (tertiary alicyclic amines) is 1. The van der Waals surface area contributed by atoms with Crippen molar-refractivity contribution in [3.05, 3.63) is 64.7 Å². The zero-order valence-electron chi connectivity index (χ0n) is 15.9. The summed E-state index contributed by atoms with van der Waals surface area (Å²) < 4.78 is 78.0. The lowest BCUT2D eigenvalue weighted by Gasteiger charge is -2.26. The number of piperidine rings is 1. The maximum Gasteiger partial charge on any atom is 0.416 e. The molecule has 3 nitrogen and oxygen atoms in total.